The Hall–Kier alpha value is -2.05. The van der Waals surface area contributed by atoms with E-state index in [-0.39, 0.29) is 24.2 Å². The van der Waals surface area contributed by atoms with Crippen molar-refractivity contribution < 1.29 is 27.9 Å². The first-order valence-electron chi connectivity index (χ1n) is 5.91. The second-order valence-corrected chi connectivity index (χ2v) is 4.74. The molecular weight excluding hydrogens is 275 g/mol. The topological polar surface area (TPSA) is 57.6 Å². The molecular formula is C13H12F3NO3. The molecule has 1 fully saturated rings. The van der Waals surface area contributed by atoms with E-state index >= 15 is 0 Å². The van der Waals surface area contributed by atoms with Crippen molar-refractivity contribution in [3.63, 3.8) is 0 Å². The molecule has 1 aromatic rings. The maximum atomic E-state index is 12.8. The van der Waals surface area contributed by atoms with Crippen LogP contribution in [-0.4, -0.2) is 23.5 Å². The number of alkyl halides is 3. The van der Waals surface area contributed by atoms with Crippen molar-refractivity contribution in [2.75, 3.05) is 11.4 Å². The van der Waals surface area contributed by atoms with Gasteiger partial charge in [-0.05, 0) is 24.6 Å². The van der Waals surface area contributed by atoms with Crippen molar-refractivity contribution in [3.05, 3.63) is 29.3 Å². The van der Waals surface area contributed by atoms with Crippen molar-refractivity contribution in [1.29, 1.82) is 0 Å². The quantitative estimate of drug-likeness (QED) is 0.909. The maximum Gasteiger partial charge on any atom is 0.416 e. The monoisotopic (exact) mass is 287 g/mol. The molecule has 0 radical (unpaired) electrons. The minimum atomic E-state index is -4.50. The molecule has 2 rings (SSSR count). The molecule has 108 valence electrons. The van der Waals surface area contributed by atoms with Crippen LogP contribution in [0.4, 0.5) is 18.9 Å². The average molecular weight is 287 g/mol. The fourth-order valence-electron chi connectivity index (χ4n) is 2.21. The molecule has 0 bridgehead atoms. The first kappa shape index (κ1) is 14.4. The molecule has 1 unspecified atom stereocenters. The number of benzene rings is 1. The predicted octanol–water partition coefficient (Wildman–Crippen LogP) is 2.45. The van der Waals surface area contributed by atoms with E-state index < -0.39 is 29.5 Å². The van der Waals surface area contributed by atoms with E-state index in [1.807, 2.05) is 0 Å². The Balaban J connectivity index is 2.35. The molecule has 0 spiro atoms. The number of anilines is 1. The fourth-order valence-corrected chi connectivity index (χ4v) is 2.21. The third-order valence-corrected chi connectivity index (χ3v) is 3.31. The molecule has 1 N–H and O–H groups in total. The molecule has 1 saturated heterocycles. The van der Waals surface area contributed by atoms with Gasteiger partial charge in [-0.15, -0.1) is 0 Å². The molecule has 0 aromatic heterocycles. The van der Waals surface area contributed by atoms with Gasteiger partial charge in [-0.1, -0.05) is 6.07 Å². The molecule has 1 aliphatic rings. The van der Waals surface area contributed by atoms with E-state index in [1.165, 1.54) is 19.1 Å². The van der Waals surface area contributed by atoms with Gasteiger partial charge in [0.05, 0.1) is 11.5 Å². The predicted molar refractivity (Wildman–Crippen MR) is 64.3 cm³/mol. The van der Waals surface area contributed by atoms with Gasteiger partial charge in [-0.25, -0.2) is 0 Å². The van der Waals surface area contributed by atoms with Crippen molar-refractivity contribution in [3.8, 4) is 0 Å². The summed E-state index contributed by atoms with van der Waals surface area (Å²) < 4.78 is 38.5. The molecule has 0 saturated carbocycles. The number of amides is 1. The first-order chi connectivity index (χ1) is 9.20. The number of carboxylic acid groups (broad SMARTS) is 1. The summed E-state index contributed by atoms with van der Waals surface area (Å²) in [5, 5.41) is 8.86. The number of carboxylic acids is 1. The minimum Gasteiger partial charge on any atom is -0.481 e. The van der Waals surface area contributed by atoms with Gasteiger partial charge in [0.2, 0.25) is 5.91 Å². The van der Waals surface area contributed by atoms with Gasteiger partial charge < -0.3 is 10.0 Å². The maximum absolute atomic E-state index is 12.8. The van der Waals surface area contributed by atoms with Crippen LogP contribution < -0.4 is 4.90 Å². The van der Waals surface area contributed by atoms with Crippen LogP contribution in [0.25, 0.3) is 0 Å². The summed E-state index contributed by atoms with van der Waals surface area (Å²) in [5.41, 5.74) is -0.680. The van der Waals surface area contributed by atoms with Gasteiger partial charge in [0.25, 0.3) is 0 Å². The van der Waals surface area contributed by atoms with Gasteiger partial charge in [0.1, 0.15) is 0 Å². The van der Waals surface area contributed by atoms with Crippen LogP contribution in [0.2, 0.25) is 0 Å². The highest BCUT2D eigenvalue weighted by atomic mass is 19.4. The number of carbonyl (C=O) groups is 2. The Morgan fingerprint density at radius 2 is 2.05 bits per heavy atom. The number of hydrogen-bond donors (Lipinski definition) is 1. The lowest BCUT2D eigenvalue weighted by molar-refractivity contribution is -0.141. The Morgan fingerprint density at radius 1 is 1.40 bits per heavy atom. The third kappa shape index (κ3) is 2.61. The molecule has 20 heavy (non-hydrogen) atoms. The largest absolute Gasteiger partial charge is 0.481 e. The molecule has 0 aliphatic carbocycles. The van der Waals surface area contributed by atoms with Crippen molar-refractivity contribution in [2.24, 2.45) is 5.92 Å². The number of aliphatic carboxylic acids is 1. The van der Waals surface area contributed by atoms with Gasteiger partial charge >= 0.3 is 12.1 Å². The van der Waals surface area contributed by atoms with Gasteiger partial charge in [0, 0.05) is 18.7 Å². The summed E-state index contributed by atoms with van der Waals surface area (Å²) in [4.78, 5) is 23.7. The summed E-state index contributed by atoms with van der Waals surface area (Å²) in [6.45, 7) is 1.23. The molecule has 1 heterocycles. The standard InChI is InChI=1S/C13H12F3NO3/c1-7-2-3-9(5-10(7)13(14,15)16)17-6-8(12(19)20)4-11(17)18/h2-3,5,8H,4,6H2,1H3,(H,19,20). The SMILES string of the molecule is Cc1ccc(N2CC(C(=O)O)CC2=O)cc1C(F)(F)F. The van der Waals surface area contributed by atoms with Crippen LogP contribution in [0.1, 0.15) is 17.5 Å². The Labute approximate surface area is 112 Å². The normalized spacial score (nSPS) is 19.5. The summed E-state index contributed by atoms with van der Waals surface area (Å²) >= 11 is 0. The molecule has 1 amide bonds. The van der Waals surface area contributed by atoms with E-state index in [0.717, 1.165) is 11.0 Å². The van der Waals surface area contributed by atoms with Crippen LogP contribution in [0.3, 0.4) is 0 Å². The van der Waals surface area contributed by atoms with Crippen LogP contribution >= 0.6 is 0 Å². The number of hydrogen-bond acceptors (Lipinski definition) is 2. The highest BCUT2D eigenvalue weighted by Crippen LogP contribution is 2.35. The molecule has 4 nitrogen and oxygen atoms in total. The number of halogens is 3. The summed E-state index contributed by atoms with van der Waals surface area (Å²) in [7, 11) is 0. The third-order valence-electron chi connectivity index (χ3n) is 3.31. The highest BCUT2D eigenvalue weighted by molar-refractivity contribution is 5.99. The number of aryl methyl sites for hydroxylation is 1. The molecule has 1 aromatic carbocycles. The Morgan fingerprint density at radius 3 is 2.55 bits per heavy atom. The zero-order valence-corrected chi connectivity index (χ0v) is 10.6. The second kappa shape index (κ2) is 4.81. The molecule has 7 heteroatoms. The lowest BCUT2D eigenvalue weighted by Gasteiger charge is -2.19. The first-order valence-corrected chi connectivity index (χ1v) is 5.91. The second-order valence-electron chi connectivity index (χ2n) is 4.74. The van der Waals surface area contributed by atoms with Crippen LogP contribution in [0.15, 0.2) is 18.2 Å². The van der Waals surface area contributed by atoms with Gasteiger partial charge in [-0.3, -0.25) is 9.59 Å². The summed E-state index contributed by atoms with van der Waals surface area (Å²) in [6.07, 6.45) is -4.69. The van der Waals surface area contributed by atoms with E-state index in [0.29, 0.717) is 0 Å². The molecule has 1 aliphatic heterocycles. The minimum absolute atomic E-state index is 0.0580. The van der Waals surface area contributed by atoms with E-state index in [1.54, 1.807) is 0 Å². The zero-order chi connectivity index (χ0) is 15.1. The van der Waals surface area contributed by atoms with Crippen molar-refractivity contribution >= 4 is 17.6 Å². The number of carbonyl (C=O) groups excluding carboxylic acids is 1. The zero-order valence-electron chi connectivity index (χ0n) is 10.6. The average Bonchev–Trinajstić information content (AvgIpc) is 2.71. The number of nitrogens with zero attached hydrogens (tertiary/aromatic N) is 1. The van der Waals surface area contributed by atoms with Crippen LogP contribution in [0.5, 0.6) is 0 Å². The lowest BCUT2D eigenvalue weighted by atomic mass is 10.1. The van der Waals surface area contributed by atoms with Crippen molar-refractivity contribution in [1.82, 2.24) is 0 Å². The van der Waals surface area contributed by atoms with Crippen LogP contribution in [-0.2, 0) is 15.8 Å². The van der Waals surface area contributed by atoms with Crippen LogP contribution in [0, 0.1) is 12.8 Å². The van der Waals surface area contributed by atoms with Crippen molar-refractivity contribution in [2.45, 2.75) is 19.5 Å². The molecule has 1 atom stereocenters. The Bertz CT molecular complexity index is 568. The highest BCUT2D eigenvalue weighted by Gasteiger charge is 2.37. The summed E-state index contributed by atoms with van der Waals surface area (Å²) in [6, 6.07) is 3.56. The van der Waals surface area contributed by atoms with Gasteiger partial charge in [-0.2, -0.15) is 13.2 Å². The van der Waals surface area contributed by atoms with E-state index in [2.05, 4.69) is 0 Å². The fraction of sp³-hybridized carbons (Fsp3) is 0.385. The Kier molecular flexibility index (Phi) is 3.45. The smallest absolute Gasteiger partial charge is 0.416 e. The van der Waals surface area contributed by atoms with Gasteiger partial charge in [0.15, 0.2) is 0 Å². The lowest BCUT2D eigenvalue weighted by Crippen LogP contribution is -2.26. The number of rotatable bonds is 2. The van der Waals surface area contributed by atoms with E-state index in [4.69, 9.17) is 5.11 Å². The summed E-state index contributed by atoms with van der Waals surface area (Å²) in [5.74, 6) is -2.48. The van der Waals surface area contributed by atoms with E-state index in [9.17, 15) is 22.8 Å².